The Morgan fingerprint density at radius 1 is 1.23 bits per heavy atom. The summed E-state index contributed by atoms with van der Waals surface area (Å²) in [6, 6.07) is 1.74. The van der Waals surface area contributed by atoms with Crippen LogP contribution < -0.4 is 16.2 Å². The van der Waals surface area contributed by atoms with E-state index in [1.807, 2.05) is 6.92 Å². The molecule has 138 valence electrons. The van der Waals surface area contributed by atoms with Gasteiger partial charge in [0, 0.05) is 17.7 Å². The minimum atomic E-state index is -0.249. The largest absolute Gasteiger partial charge is 0.335 e. The Bertz CT molecular complexity index is 878. The summed E-state index contributed by atoms with van der Waals surface area (Å²) < 4.78 is 1.50. The lowest BCUT2D eigenvalue weighted by atomic mass is 9.96. The van der Waals surface area contributed by atoms with Gasteiger partial charge in [0.25, 0.3) is 5.56 Å². The van der Waals surface area contributed by atoms with Gasteiger partial charge in [-0.25, -0.2) is 9.78 Å². The first-order valence-electron chi connectivity index (χ1n) is 9.37. The van der Waals surface area contributed by atoms with E-state index in [1.54, 1.807) is 6.07 Å². The van der Waals surface area contributed by atoms with Crippen molar-refractivity contribution in [2.24, 2.45) is 0 Å². The second-order valence-electron chi connectivity index (χ2n) is 7.18. The number of amides is 2. The second kappa shape index (κ2) is 6.93. The molecule has 0 saturated heterocycles. The quantitative estimate of drug-likeness (QED) is 0.784. The molecule has 0 unspecified atom stereocenters. The number of carbonyl (C=O) groups is 1. The van der Waals surface area contributed by atoms with Crippen LogP contribution in [-0.2, 0) is 12.8 Å². The van der Waals surface area contributed by atoms with Gasteiger partial charge in [-0.2, -0.15) is 9.78 Å². The summed E-state index contributed by atoms with van der Waals surface area (Å²) in [5, 5.41) is 10.3. The fraction of sp³-hybridized carbons (Fsp3) is 0.556. The lowest BCUT2D eigenvalue weighted by Crippen LogP contribution is -2.39. The molecule has 2 aromatic rings. The monoisotopic (exact) mass is 356 g/mol. The van der Waals surface area contributed by atoms with Crippen LogP contribution in [0.3, 0.4) is 0 Å². The number of hydrogen-bond acceptors (Lipinski definition) is 4. The molecule has 2 aromatic heterocycles. The van der Waals surface area contributed by atoms with E-state index >= 15 is 0 Å². The molecule has 0 radical (unpaired) electrons. The molecule has 0 aliphatic heterocycles. The number of aryl methyl sites for hydroxylation is 2. The fourth-order valence-electron chi connectivity index (χ4n) is 3.86. The minimum Gasteiger partial charge on any atom is -0.335 e. The third-order valence-corrected chi connectivity index (χ3v) is 5.14. The van der Waals surface area contributed by atoms with Crippen LogP contribution in [0.1, 0.15) is 55.5 Å². The minimum absolute atomic E-state index is 0.117. The second-order valence-corrected chi connectivity index (χ2v) is 7.18. The highest BCUT2D eigenvalue weighted by molar-refractivity contribution is 5.88. The average Bonchev–Trinajstić information content (AvgIpc) is 3.22. The Morgan fingerprint density at radius 3 is 2.85 bits per heavy atom. The Hall–Kier alpha value is -2.64. The van der Waals surface area contributed by atoms with E-state index < -0.39 is 0 Å². The van der Waals surface area contributed by atoms with Crippen molar-refractivity contribution in [3.63, 3.8) is 0 Å². The van der Waals surface area contributed by atoms with Gasteiger partial charge in [-0.1, -0.05) is 19.3 Å². The van der Waals surface area contributed by atoms with Crippen LogP contribution in [0.2, 0.25) is 0 Å². The molecule has 8 heteroatoms. The molecule has 26 heavy (non-hydrogen) atoms. The maximum Gasteiger partial charge on any atom is 0.320 e. The topological polar surface area (TPSA) is 105 Å². The van der Waals surface area contributed by atoms with Crippen molar-refractivity contribution in [1.82, 2.24) is 25.1 Å². The van der Waals surface area contributed by atoms with Crippen LogP contribution in [-0.4, -0.2) is 31.8 Å². The van der Waals surface area contributed by atoms with Gasteiger partial charge in [-0.15, -0.1) is 0 Å². The van der Waals surface area contributed by atoms with E-state index in [-0.39, 0.29) is 17.6 Å². The van der Waals surface area contributed by atoms with Gasteiger partial charge in [0.15, 0.2) is 0 Å². The van der Waals surface area contributed by atoms with E-state index in [0.29, 0.717) is 11.8 Å². The molecule has 2 amide bonds. The molecular weight excluding hydrogens is 332 g/mol. The highest BCUT2D eigenvalue weighted by atomic mass is 16.2. The van der Waals surface area contributed by atoms with Crippen molar-refractivity contribution >= 4 is 11.8 Å². The molecule has 0 spiro atoms. The van der Waals surface area contributed by atoms with Gasteiger partial charge in [0.05, 0.1) is 11.4 Å². The van der Waals surface area contributed by atoms with Gasteiger partial charge in [0.2, 0.25) is 5.95 Å². The molecule has 1 fully saturated rings. The van der Waals surface area contributed by atoms with E-state index in [9.17, 15) is 9.59 Å². The number of aromatic nitrogens is 4. The van der Waals surface area contributed by atoms with Gasteiger partial charge < -0.3 is 5.32 Å². The fourth-order valence-corrected chi connectivity index (χ4v) is 3.86. The Balaban J connectivity index is 1.56. The zero-order valence-electron chi connectivity index (χ0n) is 15.0. The predicted octanol–water partition coefficient (Wildman–Crippen LogP) is 2.21. The molecule has 0 bridgehead atoms. The molecule has 3 N–H and O–H groups in total. The molecule has 0 atom stereocenters. The maximum absolute atomic E-state index is 12.4. The lowest BCUT2D eigenvalue weighted by molar-refractivity contribution is 0.244. The molecule has 1 saturated carbocycles. The first-order valence-corrected chi connectivity index (χ1v) is 9.37. The van der Waals surface area contributed by atoms with Crippen molar-refractivity contribution < 1.29 is 4.79 Å². The summed E-state index contributed by atoms with van der Waals surface area (Å²) in [4.78, 5) is 32.0. The number of hydrogen-bond donors (Lipinski definition) is 3. The summed E-state index contributed by atoms with van der Waals surface area (Å²) in [5.74, 6) is 0.841. The average molecular weight is 356 g/mol. The Labute approximate surface area is 151 Å². The SMILES string of the molecule is Cc1cc(NC(=O)NC2CCCCC2)n(-c2nc3c(c(=O)[nH]2)CCC3)n1. The summed E-state index contributed by atoms with van der Waals surface area (Å²) in [5.41, 5.74) is 2.21. The normalized spacial score (nSPS) is 17.1. The number of nitrogens with one attached hydrogen (secondary N) is 3. The summed E-state index contributed by atoms with van der Waals surface area (Å²) in [7, 11) is 0. The van der Waals surface area contributed by atoms with Crippen molar-refractivity contribution in [3.05, 3.63) is 33.4 Å². The number of carbonyl (C=O) groups excluding carboxylic acids is 1. The van der Waals surface area contributed by atoms with Gasteiger partial charge in [0.1, 0.15) is 5.82 Å². The van der Waals surface area contributed by atoms with Crippen molar-refractivity contribution in [1.29, 1.82) is 0 Å². The van der Waals surface area contributed by atoms with Crippen LogP contribution in [0.4, 0.5) is 10.6 Å². The van der Waals surface area contributed by atoms with Crippen LogP contribution in [0, 0.1) is 6.92 Å². The highest BCUT2D eigenvalue weighted by Crippen LogP contribution is 2.20. The van der Waals surface area contributed by atoms with E-state index in [2.05, 4.69) is 25.7 Å². The van der Waals surface area contributed by atoms with Gasteiger partial charge in [-0.05, 0) is 39.0 Å². The Morgan fingerprint density at radius 2 is 2.04 bits per heavy atom. The van der Waals surface area contributed by atoms with Crippen LogP contribution in [0.15, 0.2) is 10.9 Å². The smallest absolute Gasteiger partial charge is 0.320 e. The molecule has 2 aliphatic rings. The predicted molar refractivity (Wildman–Crippen MR) is 97.8 cm³/mol. The Kier molecular flexibility index (Phi) is 4.48. The van der Waals surface area contributed by atoms with Crippen molar-refractivity contribution in [3.8, 4) is 5.95 Å². The number of aromatic amines is 1. The highest BCUT2D eigenvalue weighted by Gasteiger charge is 2.21. The van der Waals surface area contributed by atoms with Crippen molar-refractivity contribution in [2.45, 2.75) is 64.3 Å². The molecular formula is C18H24N6O2. The molecule has 4 rings (SSSR count). The lowest BCUT2D eigenvalue weighted by Gasteiger charge is -2.22. The van der Waals surface area contributed by atoms with Crippen LogP contribution in [0.25, 0.3) is 5.95 Å². The molecule has 8 nitrogen and oxygen atoms in total. The number of anilines is 1. The molecule has 2 heterocycles. The number of urea groups is 1. The zero-order chi connectivity index (χ0) is 18.1. The first kappa shape index (κ1) is 16.8. The number of fused-ring (bicyclic) bond motifs is 1. The molecule has 2 aliphatic carbocycles. The standard InChI is InChI=1S/C18H24N6O2/c1-11-10-15(21-18(26)19-12-6-3-2-4-7-12)24(23-11)17-20-14-9-5-8-13(14)16(25)22-17/h10,12H,2-9H2,1H3,(H2,19,21,26)(H,20,22,25). The van der Waals surface area contributed by atoms with Gasteiger partial charge in [-0.3, -0.25) is 15.1 Å². The number of H-pyrrole nitrogens is 1. The summed E-state index contributed by atoms with van der Waals surface area (Å²) >= 11 is 0. The summed E-state index contributed by atoms with van der Waals surface area (Å²) in [6.45, 7) is 1.84. The van der Waals surface area contributed by atoms with E-state index in [4.69, 9.17) is 0 Å². The van der Waals surface area contributed by atoms with Crippen molar-refractivity contribution in [2.75, 3.05) is 5.32 Å². The van der Waals surface area contributed by atoms with E-state index in [1.165, 1.54) is 11.1 Å². The third-order valence-electron chi connectivity index (χ3n) is 5.14. The summed E-state index contributed by atoms with van der Waals surface area (Å²) in [6.07, 6.45) is 8.11. The number of rotatable bonds is 3. The van der Waals surface area contributed by atoms with Gasteiger partial charge >= 0.3 is 6.03 Å². The van der Waals surface area contributed by atoms with E-state index in [0.717, 1.165) is 61.9 Å². The van der Waals surface area contributed by atoms with Crippen LogP contribution >= 0.6 is 0 Å². The maximum atomic E-state index is 12.4. The number of nitrogens with zero attached hydrogens (tertiary/aromatic N) is 3. The molecule has 0 aromatic carbocycles. The van der Waals surface area contributed by atoms with Crippen LogP contribution in [0.5, 0.6) is 0 Å². The zero-order valence-corrected chi connectivity index (χ0v) is 15.0. The first-order chi connectivity index (χ1) is 12.6. The third kappa shape index (κ3) is 3.36.